The maximum absolute atomic E-state index is 11.8. The molecule has 1 amide bonds. The Bertz CT molecular complexity index is 567. The van der Waals surface area contributed by atoms with E-state index in [-0.39, 0.29) is 17.7 Å². The van der Waals surface area contributed by atoms with E-state index in [0.717, 1.165) is 0 Å². The largest absolute Gasteiger partial charge is 0.478 e. The lowest BCUT2D eigenvalue weighted by molar-refractivity contribution is 0.0691. The number of carbonyl (C=O) groups is 2. The minimum atomic E-state index is -1.15. The second-order valence-electron chi connectivity index (χ2n) is 3.36. The zero-order valence-corrected chi connectivity index (χ0v) is 9.12. The molecular weight excluding hydrogens is 238 g/mol. The molecule has 8 heteroatoms. The van der Waals surface area contributed by atoms with Crippen molar-refractivity contribution in [3.63, 3.8) is 0 Å². The molecule has 0 bridgehead atoms. The van der Waals surface area contributed by atoms with Gasteiger partial charge in [-0.15, -0.1) is 10.2 Å². The summed E-state index contributed by atoms with van der Waals surface area (Å²) in [6.07, 6.45) is 0. The maximum atomic E-state index is 11.8. The molecule has 2 rings (SSSR count). The highest BCUT2D eigenvalue weighted by atomic mass is 16.4. The van der Waals surface area contributed by atoms with Gasteiger partial charge in [0, 0.05) is 0 Å². The normalized spacial score (nSPS) is 10.0. The number of tetrazole rings is 1. The Morgan fingerprint density at radius 2 is 2.00 bits per heavy atom. The van der Waals surface area contributed by atoms with Crippen LogP contribution in [-0.2, 0) is 6.54 Å². The summed E-state index contributed by atoms with van der Waals surface area (Å²) in [4.78, 5) is 22.7. The van der Waals surface area contributed by atoms with Gasteiger partial charge >= 0.3 is 5.97 Å². The van der Waals surface area contributed by atoms with E-state index in [2.05, 4.69) is 25.9 Å². The maximum Gasteiger partial charge on any atom is 0.336 e. The number of H-pyrrole nitrogens is 1. The smallest absolute Gasteiger partial charge is 0.336 e. The number of rotatable bonds is 4. The van der Waals surface area contributed by atoms with Crippen molar-refractivity contribution in [3.8, 4) is 0 Å². The number of carbonyl (C=O) groups excluding carboxylic acids is 1. The molecule has 0 unspecified atom stereocenters. The Labute approximate surface area is 101 Å². The van der Waals surface area contributed by atoms with Gasteiger partial charge in [0.25, 0.3) is 5.91 Å². The van der Waals surface area contributed by atoms with Crippen molar-refractivity contribution in [2.75, 3.05) is 0 Å². The van der Waals surface area contributed by atoms with Crippen molar-refractivity contribution >= 4 is 11.9 Å². The fourth-order valence-corrected chi connectivity index (χ4v) is 1.38. The number of hydrogen-bond donors (Lipinski definition) is 3. The van der Waals surface area contributed by atoms with Gasteiger partial charge in [-0.25, -0.2) is 4.79 Å². The summed E-state index contributed by atoms with van der Waals surface area (Å²) < 4.78 is 0. The number of carboxylic acid groups (broad SMARTS) is 1. The van der Waals surface area contributed by atoms with Crippen LogP contribution >= 0.6 is 0 Å². The molecule has 0 spiro atoms. The van der Waals surface area contributed by atoms with E-state index in [1.807, 2.05) is 0 Å². The number of benzene rings is 1. The third kappa shape index (κ3) is 2.48. The van der Waals surface area contributed by atoms with Crippen molar-refractivity contribution in [2.24, 2.45) is 0 Å². The number of aromatic amines is 1. The SMILES string of the molecule is O=C(O)c1ccccc1C(=O)NCc1nn[nH]n1. The van der Waals surface area contributed by atoms with E-state index in [4.69, 9.17) is 5.11 Å². The predicted octanol–water partition coefficient (Wildman–Crippen LogP) is -0.172. The van der Waals surface area contributed by atoms with Crippen LogP contribution in [-0.4, -0.2) is 37.6 Å². The fourth-order valence-electron chi connectivity index (χ4n) is 1.38. The average Bonchev–Trinajstić information content (AvgIpc) is 2.89. The second kappa shape index (κ2) is 5.04. The van der Waals surface area contributed by atoms with Gasteiger partial charge in [0.05, 0.1) is 17.7 Å². The molecule has 2 aromatic rings. The van der Waals surface area contributed by atoms with Gasteiger partial charge in [-0.05, 0) is 12.1 Å². The molecule has 92 valence electrons. The summed E-state index contributed by atoms with van der Waals surface area (Å²) in [5.74, 6) is -1.34. The average molecular weight is 247 g/mol. The molecule has 0 atom stereocenters. The van der Waals surface area contributed by atoms with Gasteiger partial charge in [-0.1, -0.05) is 17.3 Å². The summed E-state index contributed by atoms with van der Waals surface area (Å²) >= 11 is 0. The van der Waals surface area contributed by atoms with E-state index < -0.39 is 11.9 Å². The molecule has 1 heterocycles. The number of aromatic carboxylic acids is 1. The first kappa shape index (κ1) is 11.7. The zero-order chi connectivity index (χ0) is 13.0. The Hall–Kier alpha value is -2.77. The molecule has 0 radical (unpaired) electrons. The first-order chi connectivity index (χ1) is 8.68. The molecule has 0 aliphatic heterocycles. The lowest BCUT2D eigenvalue weighted by Gasteiger charge is -2.05. The lowest BCUT2D eigenvalue weighted by Crippen LogP contribution is -2.25. The van der Waals surface area contributed by atoms with Gasteiger partial charge < -0.3 is 10.4 Å². The van der Waals surface area contributed by atoms with Crippen LogP contribution in [0, 0.1) is 0 Å². The third-order valence-electron chi connectivity index (χ3n) is 2.20. The summed E-state index contributed by atoms with van der Waals surface area (Å²) in [6, 6.07) is 5.95. The zero-order valence-electron chi connectivity index (χ0n) is 9.12. The molecule has 1 aromatic carbocycles. The quantitative estimate of drug-likeness (QED) is 0.689. The van der Waals surface area contributed by atoms with Gasteiger partial charge in [-0.3, -0.25) is 4.79 Å². The second-order valence-corrected chi connectivity index (χ2v) is 3.36. The Balaban J connectivity index is 2.11. The molecule has 3 N–H and O–H groups in total. The number of nitrogens with one attached hydrogen (secondary N) is 2. The Kier molecular flexibility index (Phi) is 3.28. The standard InChI is InChI=1S/C10H9N5O3/c16-9(11-5-8-12-14-15-13-8)6-3-1-2-4-7(6)10(17)18/h1-4H,5H2,(H,11,16)(H,17,18)(H,12,13,14,15). The lowest BCUT2D eigenvalue weighted by atomic mass is 10.1. The first-order valence-electron chi connectivity index (χ1n) is 5.01. The van der Waals surface area contributed by atoms with E-state index >= 15 is 0 Å². The predicted molar refractivity (Wildman–Crippen MR) is 58.7 cm³/mol. The molecule has 0 saturated carbocycles. The number of nitrogens with zero attached hydrogens (tertiary/aromatic N) is 3. The Morgan fingerprint density at radius 3 is 2.61 bits per heavy atom. The van der Waals surface area contributed by atoms with Crippen LogP contribution in [0.1, 0.15) is 26.5 Å². The van der Waals surface area contributed by atoms with Gasteiger partial charge in [0.1, 0.15) is 0 Å². The summed E-state index contributed by atoms with van der Waals surface area (Å²) in [5.41, 5.74) is 0.0385. The molecule has 18 heavy (non-hydrogen) atoms. The van der Waals surface area contributed by atoms with Gasteiger partial charge in [0.2, 0.25) is 0 Å². The first-order valence-corrected chi connectivity index (χ1v) is 5.01. The molecule has 0 aliphatic carbocycles. The molecule has 0 aliphatic rings. The van der Waals surface area contributed by atoms with E-state index in [0.29, 0.717) is 5.82 Å². The molecule has 0 saturated heterocycles. The Morgan fingerprint density at radius 1 is 1.28 bits per heavy atom. The van der Waals surface area contributed by atoms with Crippen LogP contribution in [0.4, 0.5) is 0 Å². The number of carboxylic acids is 1. The fraction of sp³-hybridized carbons (Fsp3) is 0.100. The molecule has 1 aromatic heterocycles. The number of amides is 1. The van der Waals surface area contributed by atoms with Crippen LogP contribution in [0.25, 0.3) is 0 Å². The summed E-state index contributed by atoms with van der Waals surface area (Å²) in [5, 5.41) is 24.4. The summed E-state index contributed by atoms with van der Waals surface area (Å²) in [7, 11) is 0. The van der Waals surface area contributed by atoms with Crippen molar-refractivity contribution in [1.82, 2.24) is 25.9 Å². The van der Waals surface area contributed by atoms with Crippen LogP contribution in [0.2, 0.25) is 0 Å². The number of hydrogen-bond acceptors (Lipinski definition) is 5. The summed E-state index contributed by atoms with van der Waals surface area (Å²) in [6.45, 7) is 0.0727. The van der Waals surface area contributed by atoms with Crippen LogP contribution in [0.3, 0.4) is 0 Å². The van der Waals surface area contributed by atoms with Crippen LogP contribution in [0.15, 0.2) is 24.3 Å². The highest BCUT2D eigenvalue weighted by Crippen LogP contribution is 2.08. The molecule has 0 fully saturated rings. The van der Waals surface area contributed by atoms with Crippen molar-refractivity contribution in [2.45, 2.75) is 6.54 Å². The van der Waals surface area contributed by atoms with Crippen molar-refractivity contribution < 1.29 is 14.7 Å². The third-order valence-corrected chi connectivity index (χ3v) is 2.20. The van der Waals surface area contributed by atoms with Gasteiger partial charge in [0.15, 0.2) is 5.82 Å². The van der Waals surface area contributed by atoms with Gasteiger partial charge in [-0.2, -0.15) is 5.21 Å². The molecular formula is C10H9N5O3. The minimum absolute atomic E-state index is 0.0527. The van der Waals surface area contributed by atoms with E-state index in [9.17, 15) is 9.59 Å². The molecule has 8 nitrogen and oxygen atoms in total. The minimum Gasteiger partial charge on any atom is -0.478 e. The monoisotopic (exact) mass is 247 g/mol. The van der Waals surface area contributed by atoms with E-state index in [1.165, 1.54) is 12.1 Å². The van der Waals surface area contributed by atoms with Crippen LogP contribution in [0.5, 0.6) is 0 Å². The number of aromatic nitrogens is 4. The van der Waals surface area contributed by atoms with Crippen molar-refractivity contribution in [3.05, 3.63) is 41.2 Å². The van der Waals surface area contributed by atoms with Crippen molar-refractivity contribution in [1.29, 1.82) is 0 Å². The topological polar surface area (TPSA) is 121 Å². The van der Waals surface area contributed by atoms with E-state index in [1.54, 1.807) is 12.1 Å². The highest BCUT2D eigenvalue weighted by molar-refractivity contribution is 6.04. The highest BCUT2D eigenvalue weighted by Gasteiger charge is 2.15. The van der Waals surface area contributed by atoms with Crippen LogP contribution < -0.4 is 5.32 Å².